The number of hydrogen-bond donors (Lipinski definition) is 0. The molecule has 0 aliphatic heterocycles. The molecule has 0 fully saturated rings. The molecule has 0 saturated heterocycles. The Labute approximate surface area is 110 Å². The molecule has 0 saturated carbocycles. The smallest absolute Gasteiger partial charge is 0.311 e. The normalized spacial score (nSPS) is 11.1. The van der Waals surface area contributed by atoms with Crippen molar-refractivity contribution in [1.29, 1.82) is 0 Å². The lowest BCUT2D eigenvalue weighted by atomic mass is 9.91. The maximum Gasteiger partial charge on any atom is 0.311 e. The van der Waals surface area contributed by atoms with Crippen molar-refractivity contribution in [1.82, 2.24) is 0 Å². The third-order valence-electron chi connectivity index (χ3n) is 3.00. The van der Waals surface area contributed by atoms with Gasteiger partial charge in [-0.15, -0.1) is 0 Å². The Kier molecular flexibility index (Phi) is 8.42. The molecule has 0 aromatic carbocycles. The first-order valence-electron chi connectivity index (χ1n) is 6.77. The topological polar surface area (TPSA) is 52.6 Å². The van der Waals surface area contributed by atoms with Crippen LogP contribution in [0.1, 0.15) is 59.8 Å². The number of esters is 2. The molecule has 18 heavy (non-hydrogen) atoms. The predicted octanol–water partition coefficient (Wildman–Crippen LogP) is 3.09. The van der Waals surface area contributed by atoms with Crippen LogP contribution in [-0.4, -0.2) is 25.2 Å². The minimum atomic E-state index is -0.467. The first kappa shape index (κ1) is 16.9. The van der Waals surface area contributed by atoms with Crippen molar-refractivity contribution in [2.45, 2.75) is 59.8 Å². The number of hydrogen-bond acceptors (Lipinski definition) is 4. The van der Waals surface area contributed by atoms with Gasteiger partial charge in [-0.1, -0.05) is 26.7 Å². The van der Waals surface area contributed by atoms with Crippen molar-refractivity contribution in [3.63, 3.8) is 0 Å². The van der Waals surface area contributed by atoms with Crippen LogP contribution < -0.4 is 0 Å². The molecule has 0 aromatic rings. The molecule has 0 heterocycles. The second-order valence-corrected chi connectivity index (χ2v) is 5.05. The Hall–Kier alpha value is -1.06. The van der Waals surface area contributed by atoms with Gasteiger partial charge in [0.1, 0.15) is 13.2 Å². The second-order valence-electron chi connectivity index (χ2n) is 5.05. The summed E-state index contributed by atoms with van der Waals surface area (Å²) in [6.45, 7) is 7.99. The summed E-state index contributed by atoms with van der Waals surface area (Å²) in [6, 6.07) is 0. The van der Waals surface area contributed by atoms with Gasteiger partial charge in [0, 0.05) is 6.42 Å². The van der Waals surface area contributed by atoms with E-state index in [0.29, 0.717) is 6.42 Å². The van der Waals surface area contributed by atoms with E-state index in [1.165, 1.54) is 0 Å². The standard InChI is InChI=1S/C14H26O4/c1-5-7-8-9-12(15)17-10-11-18-13(16)14(3,4)6-2/h5-11H2,1-4H3. The molecule has 0 atom stereocenters. The SMILES string of the molecule is CCCCCC(=O)OCCOC(=O)C(C)(C)CC. The molecule has 0 amide bonds. The Balaban J connectivity index is 3.62. The van der Waals surface area contributed by atoms with Crippen molar-refractivity contribution in [3.05, 3.63) is 0 Å². The van der Waals surface area contributed by atoms with Crippen LogP contribution in [0.4, 0.5) is 0 Å². The minimum absolute atomic E-state index is 0.141. The number of carbonyl (C=O) groups is 2. The fraction of sp³-hybridized carbons (Fsp3) is 0.857. The highest BCUT2D eigenvalue weighted by atomic mass is 16.6. The zero-order valence-corrected chi connectivity index (χ0v) is 12.1. The number of rotatable bonds is 9. The van der Waals surface area contributed by atoms with Crippen LogP contribution in [0.2, 0.25) is 0 Å². The molecule has 106 valence electrons. The van der Waals surface area contributed by atoms with Gasteiger partial charge in [0.05, 0.1) is 5.41 Å². The molecule has 0 aliphatic rings. The summed E-state index contributed by atoms with van der Waals surface area (Å²) >= 11 is 0. The van der Waals surface area contributed by atoms with E-state index >= 15 is 0 Å². The van der Waals surface area contributed by atoms with Crippen LogP contribution in [0, 0.1) is 5.41 Å². The third-order valence-corrected chi connectivity index (χ3v) is 3.00. The average molecular weight is 258 g/mol. The van der Waals surface area contributed by atoms with E-state index in [0.717, 1.165) is 25.7 Å². The minimum Gasteiger partial charge on any atom is -0.462 e. The molecule has 0 aromatic heterocycles. The van der Waals surface area contributed by atoms with E-state index in [1.807, 2.05) is 20.8 Å². The molecule has 0 radical (unpaired) electrons. The summed E-state index contributed by atoms with van der Waals surface area (Å²) in [5, 5.41) is 0. The summed E-state index contributed by atoms with van der Waals surface area (Å²) in [5.74, 6) is -0.457. The maximum atomic E-state index is 11.6. The van der Waals surface area contributed by atoms with Gasteiger partial charge in [-0.05, 0) is 26.7 Å². The fourth-order valence-electron chi connectivity index (χ4n) is 1.22. The number of carbonyl (C=O) groups excluding carboxylic acids is 2. The largest absolute Gasteiger partial charge is 0.462 e. The van der Waals surface area contributed by atoms with Gasteiger partial charge in [-0.2, -0.15) is 0 Å². The number of unbranched alkanes of at least 4 members (excludes halogenated alkanes) is 2. The Morgan fingerprint density at radius 1 is 1.00 bits per heavy atom. The van der Waals surface area contributed by atoms with Gasteiger partial charge < -0.3 is 9.47 Å². The van der Waals surface area contributed by atoms with Crippen LogP contribution in [0.3, 0.4) is 0 Å². The molecule has 0 rings (SSSR count). The predicted molar refractivity (Wildman–Crippen MR) is 70.1 cm³/mol. The highest BCUT2D eigenvalue weighted by Crippen LogP contribution is 2.21. The first-order chi connectivity index (χ1) is 8.44. The number of ether oxygens (including phenoxy) is 2. The quantitative estimate of drug-likeness (QED) is 0.471. The highest BCUT2D eigenvalue weighted by Gasteiger charge is 2.26. The van der Waals surface area contributed by atoms with E-state index in [1.54, 1.807) is 0 Å². The summed E-state index contributed by atoms with van der Waals surface area (Å²) < 4.78 is 10.0. The van der Waals surface area contributed by atoms with Gasteiger partial charge in [0.25, 0.3) is 0 Å². The van der Waals surface area contributed by atoms with Crippen molar-refractivity contribution in [2.75, 3.05) is 13.2 Å². The molecule has 4 heteroatoms. The molecule has 4 nitrogen and oxygen atoms in total. The van der Waals surface area contributed by atoms with Crippen LogP contribution >= 0.6 is 0 Å². The van der Waals surface area contributed by atoms with Crippen molar-refractivity contribution in [3.8, 4) is 0 Å². The van der Waals surface area contributed by atoms with Crippen molar-refractivity contribution in [2.24, 2.45) is 5.41 Å². The zero-order valence-electron chi connectivity index (χ0n) is 12.1. The van der Waals surface area contributed by atoms with Gasteiger partial charge in [-0.25, -0.2) is 0 Å². The lowest BCUT2D eigenvalue weighted by molar-refractivity contribution is -0.159. The summed E-state index contributed by atoms with van der Waals surface area (Å²) in [5.41, 5.74) is -0.467. The summed E-state index contributed by atoms with van der Waals surface area (Å²) in [6.07, 6.45) is 4.15. The van der Waals surface area contributed by atoms with Crippen molar-refractivity contribution < 1.29 is 19.1 Å². The van der Waals surface area contributed by atoms with E-state index in [2.05, 4.69) is 6.92 Å². The molecule has 0 N–H and O–H groups in total. The van der Waals surface area contributed by atoms with E-state index in [9.17, 15) is 9.59 Å². The lowest BCUT2D eigenvalue weighted by Crippen LogP contribution is -2.27. The summed E-state index contributed by atoms with van der Waals surface area (Å²) in [7, 11) is 0. The fourth-order valence-corrected chi connectivity index (χ4v) is 1.22. The van der Waals surface area contributed by atoms with E-state index in [4.69, 9.17) is 9.47 Å². The first-order valence-corrected chi connectivity index (χ1v) is 6.77. The van der Waals surface area contributed by atoms with Crippen LogP contribution in [-0.2, 0) is 19.1 Å². The Bertz CT molecular complexity index is 259. The third kappa shape index (κ3) is 7.30. The molecule has 0 aliphatic carbocycles. The highest BCUT2D eigenvalue weighted by molar-refractivity contribution is 5.75. The molecule has 0 spiro atoms. The van der Waals surface area contributed by atoms with Crippen molar-refractivity contribution >= 4 is 11.9 Å². The second kappa shape index (κ2) is 8.95. The van der Waals surface area contributed by atoms with Gasteiger partial charge in [0.15, 0.2) is 0 Å². The van der Waals surface area contributed by atoms with E-state index < -0.39 is 5.41 Å². The van der Waals surface area contributed by atoms with Gasteiger partial charge in [0.2, 0.25) is 0 Å². The van der Waals surface area contributed by atoms with Gasteiger partial charge >= 0.3 is 11.9 Å². The average Bonchev–Trinajstić information content (AvgIpc) is 2.34. The lowest BCUT2D eigenvalue weighted by Gasteiger charge is -2.20. The molecule has 0 bridgehead atoms. The van der Waals surface area contributed by atoms with Gasteiger partial charge in [-0.3, -0.25) is 9.59 Å². The molecular formula is C14H26O4. The van der Waals surface area contributed by atoms with Crippen LogP contribution in [0.5, 0.6) is 0 Å². The van der Waals surface area contributed by atoms with Crippen LogP contribution in [0.15, 0.2) is 0 Å². The Morgan fingerprint density at radius 2 is 1.61 bits per heavy atom. The molecule has 0 unspecified atom stereocenters. The van der Waals surface area contributed by atoms with E-state index in [-0.39, 0.29) is 25.2 Å². The van der Waals surface area contributed by atoms with Crippen LogP contribution in [0.25, 0.3) is 0 Å². The maximum absolute atomic E-state index is 11.6. The molecular weight excluding hydrogens is 232 g/mol. The Morgan fingerprint density at radius 3 is 2.17 bits per heavy atom. The monoisotopic (exact) mass is 258 g/mol. The zero-order chi connectivity index (χ0) is 14.0. The summed E-state index contributed by atoms with van der Waals surface area (Å²) in [4.78, 5) is 22.8.